The lowest BCUT2D eigenvalue weighted by atomic mass is 9.79. The summed E-state index contributed by atoms with van der Waals surface area (Å²) in [6.45, 7) is 12.9. The van der Waals surface area contributed by atoms with Gasteiger partial charge in [0, 0.05) is 22.9 Å². The van der Waals surface area contributed by atoms with Crippen LogP contribution in [0.25, 0.3) is 39.3 Å². The molecule has 5 aromatic rings. The number of methoxy groups -OCH3 is 1. The summed E-state index contributed by atoms with van der Waals surface area (Å²) < 4.78 is 33.4. The lowest BCUT2D eigenvalue weighted by molar-refractivity contribution is -0.164. The average Bonchev–Trinajstić information content (AvgIpc) is 3.42. The molecule has 6 rings (SSSR count). The second-order valence-corrected chi connectivity index (χ2v) is 13.4. The van der Waals surface area contributed by atoms with Crippen molar-refractivity contribution >= 4 is 11.6 Å². The first-order valence-corrected chi connectivity index (χ1v) is 15.3. The van der Waals surface area contributed by atoms with Crippen LogP contribution in [-0.4, -0.2) is 34.7 Å². The summed E-state index contributed by atoms with van der Waals surface area (Å²) in [6.07, 6.45) is 1.93. The fraction of sp³-hybridized carbons (Fsp3) is 0.316. The molecular formula is C38H39FN2O4. The highest BCUT2D eigenvalue weighted by atomic mass is 19.1. The maximum Gasteiger partial charge on any atom is 0.339 e. The van der Waals surface area contributed by atoms with E-state index < -0.39 is 17.7 Å². The van der Waals surface area contributed by atoms with E-state index in [9.17, 15) is 9.18 Å². The van der Waals surface area contributed by atoms with Crippen molar-refractivity contribution in [1.29, 1.82) is 0 Å². The van der Waals surface area contributed by atoms with E-state index in [4.69, 9.17) is 19.2 Å². The van der Waals surface area contributed by atoms with Crippen LogP contribution in [0, 0.1) is 12.7 Å². The Morgan fingerprint density at radius 1 is 0.978 bits per heavy atom. The Bertz CT molecular complexity index is 1900. The second kappa shape index (κ2) is 11.5. The molecule has 0 saturated heterocycles. The Hall–Kier alpha value is -4.49. The molecule has 0 saturated carbocycles. The molecule has 232 valence electrons. The van der Waals surface area contributed by atoms with E-state index in [0.29, 0.717) is 6.61 Å². The van der Waals surface area contributed by atoms with Gasteiger partial charge in [0.15, 0.2) is 6.10 Å². The number of nitrogens with zero attached hydrogens (tertiary/aromatic N) is 2. The highest BCUT2D eigenvalue weighted by Gasteiger charge is 2.35. The number of pyridine rings is 1. The molecule has 1 aliphatic rings. The third-order valence-electron chi connectivity index (χ3n) is 8.45. The Kier molecular flexibility index (Phi) is 7.77. The van der Waals surface area contributed by atoms with Crippen LogP contribution < -0.4 is 4.74 Å². The molecule has 1 atom stereocenters. The number of carbonyl (C=O) groups excluding carboxylic acids is 1. The first kappa shape index (κ1) is 30.5. The highest BCUT2D eigenvalue weighted by Crippen LogP contribution is 2.43. The van der Waals surface area contributed by atoms with E-state index in [1.165, 1.54) is 19.2 Å². The number of halogens is 1. The highest BCUT2D eigenvalue weighted by molar-refractivity contribution is 5.83. The quantitative estimate of drug-likeness (QED) is 0.181. The predicted octanol–water partition coefficient (Wildman–Crippen LogP) is 8.87. The van der Waals surface area contributed by atoms with Gasteiger partial charge in [0.25, 0.3) is 0 Å². The summed E-state index contributed by atoms with van der Waals surface area (Å²) in [7, 11) is 1.39. The van der Waals surface area contributed by atoms with Crippen LogP contribution in [0.4, 0.5) is 4.39 Å². The van der Waals surface area contributed by atoms with E-state index in [0.717, 1.165) is 68.1 Å². The standard InChI is InChI=1S/C38H39FN2O4/c1-23-19-32-40-30(26-10-8-9-25(20-26)24-11-14-28(39)15-12-24)22-41(32)34(33(23)35(36(42)43-7)45-37(2,3)4)27-13-16-31-29(21-27)38(5,6)17-18-44-31/h8-16,19-22,35H,17-18H2,1-7H3. The van der Waals surface area contributed by atoms with Gasteiger partial charge < -0.3 is 14.2 Å². The van der Waals surface area contributed by atoms with Gasteiger partial charge >= 0.3 is 5.97 Å². The van der Waals surface area contributed by atoms with Crippen molar-refractivity contribution in [2.45, 2.75) is 65.1 Å². The lowest BCUT2D eigenvalue weighted by Crippen LogP contribution is -2.29. The maximum absolute atomic E-state index is 13.6. The minimum absolute atomic E-state index is 0.0861. The molecule has 1 unspecified atom stereocenters. The van der Waals surface area contributed by atoms with Gasteiger partial charge in [-0.3, -0.25) is 4.40 Å². The van der Waals surface area contributed by atoms with E-state index in [1.54, 1.807) is 12.1 Å². The summed E-state index contributed by atoms with van der Waals surface area (Å²) in [5.41, 5.74) is 8.03. The Morgan fingerprint density at radius 2 is 1.69 bits per heavy atom. The van der Waals surface area contributed by atoms with Crippen LogP contribution in [0.2, 0.25) is 0 Å². The number of ether oxygens (including phenoxy) is 3. The SMILES string of the molecule is COC(=O)C(OC(C)(C)C)c1c(C)cc2nc(-c3cccc(-c4ccc(F)cc4)c3)cn2c1-c1ccc2c(c1)C(C)(C)CCO2. The van der Waals surface area contributed by atoms with Crippen LogP contribution in [0.1, 0.15) is 63.8 Å². The zero-order chi connectivity index (χ0) is 32.1. The number of fused-ring (bicyclic) bond motifs is 2. The molecule has 6 nitrogen and oxygen atoms in total. The number of hydrogen-bond donors (Lipinski definition) is 0. The molecule has 0 fully saturated rings. The van der Waals surface area contributed by atoms with Crippen LogP contribution in [0.5, 0.6) is 5.75 Å². The molecular weight excluding hydrogens is 567 g/mol. The summed E-state index contributed by atoms with van der Waals surface area (Å²) in [5, 5.41) is 0. The van der Waals surface area contributed by atoms with Gasteiger partial charge in [-0.05, 0) is 104 Å². The molecule has 0 bridgehead atoms. The number of hydrogen-bond acceptors (Lipinski definition) is 5. The van der Waals surface area contributed by atoms with Crippen LogP contribution in [-0.2, 0) is 19.7 Å². The molecule has 0 amide bonds. The van der Waals surface area contributed by atoms with Crippen LogP contribution in [0.3, 0.4) is 0 Å². The van der Waals surface area contributed by atoms with Gasteiger partial charge in [-0.2, -0.15) is 0 Å². The first-order valence-electron chi connectivity index (χ1n) is 15.3. The van der Waals surface area contributed by atoms with Gasteiger partial charge in [0.1, 0.15) is 17.2 Å². The third-order valence-corrected chi connectivity index (χ3v) is 8.45. The number of aryl methyl sites for hydroxylation is 1. The van der Waals surface area contributed by atoms with E-state index in [2.05, 4.69) is 26.0 Å². The van der Waals surface area contributed by atoms with Crippen molar-refractivity contribution in [2.75, 3.05) is 13.7 Å². The smallest absolute Gasteiger partial charge is 0.339 e. The van der Waals surface area contributed by atoms with Gasteiger partial charge in [0.2, 0.25) is 0 Å². The molecule has 2 aromatic heterocycles. The third kappa shape index (κ3) is 5.97. The Labute approximate surface area is 263 Å². The zero-order valence-electron chi connectivity index (χ0n) is 26.9. The number of benzene rings is 3. The van der Waals surface area contributed by atoms with Gasteiger partial charge in [-0.15, -0.1) is 0 Å². The van der Waals surface area contributed by atoms with Crippen molar-refractivity contribution < 1.29 is 23.4 Å². The fourth-order valence-corrected chi connectivity index (χ4v) is 6.10. The molecule has 0 N–H and O–H groups in total. The number of esters is 1. The van der Waals surface area contributed by atoms with Crippen LogP contribution in [0.15, 0.2) is 79.0 Å². The Morgan fingerprint density at radius 3 is 2.40 bits per heavy atom. The largest absolute Gasteiger partial charge is 0.493 e. The van der Waals surface area contributed by atoms with Crippen molar-refractivity contribution in [3.63, 3.8) is 0 Å². The summed E-state index contributed by atoms with van der Waals surface area (Å²) in [5.74, 6) is 0.134. The average molecular weight is 607 g/mol. The minimum atomic E-state index is -0.970. The molecule has 0 radical (unpaired) electrons. The molecule has 3 aromatic carbocycles. The number of carbonyl (C=O) groups is 1. The van der Waals surface area contributed by atoms with Crippen molar-refractivity contribution in [1.82, 2.24) is 9.38 Å². The van der Waals surface area contributed by atoms with E-state index >= 15 is 0 Å². The zero-order valence-corrected chi connectivity index (χ0v) is 26.9. The molecule has 45 heavy (non-hydrogen) atoms. The normalized spacial score (nSPS) is 14.9. The summed E-state index contributed by atoms with van der Waals surface area (Å²) >= 11 is 0. The number of rotatable bonds is 6. The Balaban J connectivity index is 1.60. The summed E-state index contributed by atoms with van der Waals surface area (Å²) in [6, 6.07) is 22.7. The van der Waals surface area contributed by atoms with Crippen molar-refractivity contribution in [3.05, 3.63) is 102 Å². The van der Waals surface area contributed by atoms with Crippen LogP contribution >= 0.6 is 0 Å². The van der Waals surface area contributed by atoms with Gasteiger partial charge in [0.05, 0.1) is 30.7 Å². The second-order valence-electron chi connectivity index (χ2n) is 13.4. The topological polar surface area (TPSA) is 62.1 Å². The number of imidazole rings is 1. The molecule has 0 aliphatic carbocycles. The molecule has 7 heteroatoms. The number of aromatic nitrogens is 2. The molecule has 3 heterocycles. The fourth-order valence-electron chi connectivity index (χ4n) is 6.10. The van der Waals surface area contributed by atoms with E-state index in [-0.39, 0.29) is 11.2 Å². The molecule has 0 spiro atoms. The molecule has 1 aliphatic heterocycles. The lowest BCUT2D eigenvalue weighted by Gasteiger charge is -2.33. The predicted molar refractivity (Wildman–Crippen MR) is 175 cm³/mol. The van der Waals surface area contributed by atoms with Crippen molar-refractivity contribution in [2.24, 2.45) is 0 Å². The van der Waals surface area contributed by atoms with Crippen molar-refractivity contribution in [3.8, 4) is 39.4 Å². The minimum Gasteiger partial charge on any atom is -0.493 e. The maximum atomic E-state index is 13.6. The van der Waals surface area contributed by atoms with E-state index in [1.807, 2.05) is 74.7 Å². The first-order chi connectivity index (χ1) is 21.3. The monoisotopic (exact) mass is 606 g/mol. The van der Waals surface area contributed by atoms with Gasteiger partial charge in [-0.1, -0.05) is 44.2 Å². The summed E-state index contributed by atoms with van der Waals surface area (Å²) in [4.78, 5) is 18.5. The van der Waals surface area contributed by atoms with Gasteiger partial charge in [-0.25, -0.2) is 14.2 Å².